The summed E-state index contributed by atoms with van der Waals surface area (Å²) in [6.07, 6.45) is -1.14. The lowest BCUT2D eigenvalue weighted by Crippen LogP contribution is -2.28. The van der Waals surface area contributed by atoms with Crippen LogP contribution >= 0.6 is 7.14 Å². The molecular weight excluding hydrogens is 427 g/mol. The zero-order valence-corrected chi connectivity index (χ0v) is 19.2. The van der Waals surface area contributed by atoms with Gasteiger partial charge in [0.05, 0.1) is 17.9 Å². The lowest BCUT2D eigenvalue weighted by atomic mass is 10.0. The van der Waals surface area contributed by atoms with Gasteiger partial charge in [0.1, 0.15) is 13.2 Å². The first-order valence-corrected chi connectivity index (χ1v) is 13.1. The molecule has 0 bridgehead atoms. The number of rotatable bonds is 6. The third kappa shape index (κ3) is 4.20. The van der Waals surface area contributed by atoms with E-state index in [1.54, 1.807) is 0 Å². The number of hydrogen-bond acceptors (Lipinski definition) is 3. The average molecular weight is 455 g/mol. The van der Waals surface area contributed by atoms with Gasteiger partial charge in [-0.05, 0) is 17.5 Å². The zero-order valence-electron chi connectivity index (χ0n) is 18.3. The van der Waals surface area contributed by atoms with E-state index in [1.165, 1.54) is 0 Å². The van der Waals surface area contributed by atoms with E-state index in [9.17, 15) is 5.11 Å². The molecule has 1 saturated heterocycles. The Morgan fingerprint density at radius 1 is 0.697 bits per heavy atom. The molecule has 5 rings (SSSR count). The van der Waals surface area contributed by atoms with Crippen molar-refractivity contribution in [3.8, 4) is 0 Å². The van der Waals surface area contributed by atoms with E-state index in [-0.39, 0.29) is 11.8 Å². The molecule has 0 spiro atoms. The van der Waals surface area contributed by atoms with Gasteiger partial charge in [-0.3, -0.25) is 0 Å². The summed E-state index contributed by atoms with van der Waals surface area (Å²) < 4.78 is 21.7. The monoisotopic (exact) mass is 454 g/mol. The summed E-state index contributed by atoms with van der Waals surface area (Å²) in [6.45, 7) is 0. The van der Waals surface area contributed by atoms with Crippen LogP contribution in [0.2, 0.25) is 0 Å². The first kappa shape index (κ1) is 21.9. The topological polar surface area (TPSA) is 46.5 Å². The molecule has 0 unspecified atom stereocenters. The number of ether oxygens (including phenoxy) is 1. The molecule has 1 aliphatic heterocycles. The van der Waals surface area contributed by atoms with Crippen molar-refractivity contribution in [2.24, 2.45) is 0 Å². The highest BCUT2D eigenvalue weighted by molar-refractivity contribution is 7.79. The summed E-state index contributed by atoms with van der Waals surface area (Å²) in [5.74, 6) is 0. The van der Waals surface area contributed by atoms with Gasteiger partial charge in [-0.1, -0.05) is 121 Å². The summed E-state index contributed by atoms with van der Waals surface area (Å²) in [4.78, 5) is 0. The molecule has 33 heavy (non-hydrogen) atoms. The molecule has 3 nitrogen and oxygen atoms in total. The fourth-order valence-corrected chi connectivity index (χ4v) is 8.30. The molecule has 4 aromatic rings. The van der Waals surface area contributed by atoms with Crippen LogP contribution in [0.1, 0.15) is 29.8 Å². The maximum absolute atomic E-state index is 15.1. The molecule has 1 fully saturated rings. The van der Waals surface area contributed by atoms with Gasteiger partial charge < -0.3 is 14.4 Å². The lowest BCUT2D eigenvalue weighted by molar-refractivity contribution is -0.0361. The lowest BCUT2D eigenvalue weighted by Gasteiger charge is -2.29. The van der Waals surface area contributed by atoms with E-state index in [1.807, 2.05) is 121 Å². The van der Waals surface area contributed by atoms with Gasteiger partial charge in [0, 0.05) is 10.6 Å². The Balaban J connectivity index is 1.62. The van der Waals surface area contributed by atoms with E-state index in [0.29, 0.717) is 6.42 Å². The number of aliphatic hydroxyl groups is 1. The van der Waals surface area contributed by atoms with E-state index in [2.05, 4.69) is 0 Å². The van der Waals surface area contributed by atoms with Gasteiger partial charge in [-0.15, -0.1) is 0 Å². The van der Waals surface area contributed by atoms with Crippen molar-refractivity contribution in [3.63, 3.8) is 0 Å². The summed E-state index contributed by atoms with van der Waals surface area (Å²) in [7, 11) is -3.10. The van der Waals surface area contributed by atoms with Crippen molar-refractivity contribution in [2.75, 3.05) is 0 Å². The molecule has 4 atom stereocenters. The highest BCUT2D eigenvalue weighted by Crippen LogP contribution is 2.59. The van der Waals surface area contributed by atoms with E-state index in [4.69, 9.17) is 4.74 Å². The Morgan fingerprint density at radius 2 is 1.15 bits per heavy atom. The highest BCUT2D eigenvalue weighted by atomic mass is 31.2. The van der Waals surface area contributed by atoms with Crippen LogP contribution in [0.25, 0.3) is 0 Å². The Kier molecular flexibility index (Phi) is 6.28. The average Bonchev–Trinajstić information content (AvgIpc) is 3.36. The molecule has 0 radical (unpaired) electrons. The van der Waals surface area contributed by atoms with E-state index < -0.39 is 19.3 Å². The predicted molar refractivity (Wildman–Crippen MR) is 134 cm³/mol. The van der Waals surface area contributed by atoms with Crippen molar-refractivity contribution < 1.29 is 14.4 Å². The van der Waals surface area contributed by atoms with Crippen LogP contribution in [0.15, 0.2) is 121 Å². The Bertz CT molecular complexity index is 1170. The molecule has 1 heterocycles. The summed E-state index contributed by atoms with van der Waals surface area (Å²) in [5.41, 5.74) is 1.50. The van der Waals surface area contributed by atoms with Gasteiger partial charge in [0.25, 0.3) is 0 Å². The van der Waals surface area contributed by atoms with Crippen LogP contribution in [-0.4, -0.2) is 16.9 Å². The second-order valence-electron chi connectivity index (χ2n) is 8.49. The fourth-order valence-electron chi connectivity index (χ4n) is 4.88. The zero-order chi connectivity index (χ0) is 22.7. The molecule has 1 aliphatic rings. The SMILES string of the molecule is O=P(c1ccccc1)(c1ccccc1)[C@H]1C[C@@H]([C@H](O)c2ccccc2)O[C@H]1c1ccccc1. The van der Waals surface area contributed by atoms with Gasteiger partial charge in [0.2, 0.25) is 0 Å². The third-order valence-corrected chi connectivity index (χ3v) is 10.1. The Hall–Kier alpha value is -2.97. The molecule has 4 aromatic carbocycles. The third-order valence-electron chi connectivity index (χ3n) is 6.51. The Morgan fingerprint density at radius 3 is 1.67 bits per heavy atom. The molecule has 0 aliphatic carbocycles. The van der Waals surface area contributed by atoms with Gasteiger partial charge in [0.15, 0.2) is 0 Å². The normalized spacial score (nSPS) is 21.5. The van der Waals surface area contributed by atoms with Crippen LogP contribution in [0, 0.1) is 0 Å². The van der Waals surface area contributed by atoms with Gasteiger partial charge >= 0.3 is 0 Å². The van der Waals surface area contributed by atoms with Gasteiger partial charge in [-0.25, -0.2) is 0 Å². The van der Waals surface area contributed by atoms with Crippen LogP contribution in [0.4, 0.5) is 0 Å². The van der Waals surface area contributed by atoms with Crippen LogP contribution in [-0.2, 0) is 9.30 Å². The van der Waals surface area contributed by atoms with Crippen molar-refractivity contribution >= 4 is 17.8 Å². The van der Waals surface area contributed by atoms with Crippen LogP contribution < -0.4 is 10.6 Å². The minimum absolute atomic E-state index is 0.298. The first-order chi connectivity index (χ1) is 16.2. The molecular formula is C29H27O3P. The molecule has 1 N–H and O–H groups in total. The van der Waals surface area contributed by atoms with Crippen molar-refractivity contribution in [1.29, 1.82) is 0 Å². The summed E-state index contributed by atoms with van der Waals surface area (Å²) >= 11 is 0. The fraction of sp³-hybridized carbons (Fsp3) is 0.172. The number of benzene rings is 4. The maximum Gasteiger partial charge on any atom is 0.149 e. The number of hydrogen-bond donors (Lipinski definition) is 1. The second kappa shape index (κ2) is 9.49. The Labute approximate surface area is 195 Å². The van der Waals surface area contributed by atoms with Crippen molar-refractivity contribution in [2.45, 2.75) is 30.4 Å². The molecule has 4 heteroatoms. The quantitative estimate of drug-likeness (QED) is 0.384. The van der Waals surface area contributed by atoms with Crippen molar-refractivity contribution in [1.82, 2.24) is 0 Å². The van der Waals surface area contributed by atoms with E-state index >= 15 is 4.57 Å². The second-order valence-corrected chi connectivity index (χ2v) is 11.5. The van der Waals surface area contributed by atoms with E-state index in [0.717, 1.165) is 21.7 Å². The molecule has 166 valence electrons. The highest BCUT2D eigenvalue weighted by Gasteiger charge is 2.50. The molecule has 0 amide bonds. The summed E-state index contributed by atoms with van der Waals surface area (Å²) in [5, 5.41) is 12.8. The largest absolute Gasteiger partial charge is 0.386 e. The minimum atomic E-state index is -3.10. The van der Waals surface area contributed by atoms with Crippen LogP contribution in [0.3, 0.4) is 0 Å². The predicted octanol–water partition coefficient (Wildman–Crippen LogP) is 5.63. The minimum Gasteiger partial charge on any atom is -0.386 e. The smallest absolute Gasteiger partial charge is 0.149 e. The first-order valence-electron chi connectivity index (χ1n) is 11.3. The maximum atomic E-state index is 15.1. The summed E-state index contributed by atoms with van der Waals surface area (Å²) in [6, 6.07) is 39.0. The molecule has 0 saturated carbocycles. The van der Waals surface area contributed by atoms with Gasteiger partial charge in [-0.2, -0.15) is 0 Å². The van der Waals surface area contributed by atoms with Crippen LogP contribution in [0.5, 0.6) is 0 Å². The van der Waals surface area contributed by atoms with Crippen molar-refractivity contribution in [3.05, 3.63) is 132 Å². The standard InChI is InChI=1S/C29H27O3P/c30-28(22-13-5-1-6-14-22)26-21-27(29(32-26)23-15-7-2-8-16-23)33(31,24-17-9-3-10-18-24)25-19-11-4-12-20-25/h1-20,26-30H,21H2/t26-,27-,28+,29-/m0/s1. The number of aliphatic hydroxyl groups excluding tert-OH is 1. The molecule has 0 aromatic heterocycles.